The smallest absolute Gasteiger partial charge is 0.0734 e. The first-order valence-electron chi connectivity index (χ1n) is 22.8. The zero-order valence-electron chi connectivity index (χ0n) is 36.2. The minimum Gasteiger partial charge on any atom is -0.310 e. The lowest BCUT2D eigenvalue weighted by atomic mass is 9.67. The van der Waals surface area contributed by atoms with E-state index < -0.39 is 10.8 Å². The summed E-state index contributed by atoms with van der Waals surface area (Å²) in [5, 5.41) is 3.46. The van der Waals surface area contributed by atoms with E-state index in [4.69, 9.17) is 0 Å². The Kier molecular flexibility index (Phi) is 8.91. The largest absolute Gasteiger partial charge is 0.310 e. The Morgan fingerprint density at radius 3 is 1.42 bits per heavy atom. The number of thiophene rings is 1. The predicted molar refractivity (Wildman–Crippen MR) is 277 cm³/mol. The highest BCUT2D eigenvalue weighted by Gasteiger charge is 2.49. The minimum absolute atomic E-state index is 0.492. The first-order chi connectivity index (χ1) is 32.7. The van der Waals surface area contributed by atoms with Crippen molar-refractivity contribution in [2.45, 2.75) is 10.8 Å². The molecule has 0 unspecified atom stereocenters. The van der Waals surface area contributed by atoms with Crippen LogP contribution in [0.1, 0.15) is 44.5 Å². The molecule has 2 aliphatic carbocycles. The molecule has 1 nitrogen and oxygen atoms in total. The van der Waals surface area contributed by atoms with Crippen LogP contribution in [0.15, 0.2) is 260 Å². The molecule has 2 heteroatoms. The van der Waals surface area contributed by atoms with Gasteiger partial charge in [-0.2, -0.15) is 0 Å². The van der Waals surface area contributed by atoms with E-state index in [-0.39, 0.29) is 0 Å². The van der Waals surface area contributed by atoms with E-state index in [2.05, 4.69) is 265 Å². The highest BCUT2D eigenvalue weighted by atomic mass is 32.1. The summed E-state index contributed by atoms with van der Waals surface area (Å²) < 4.78 is 1.31. The maximum atomic E-state index is 2.53. The normalized spacial score (nSPS) is 13.7. The van der Waals surface area contributed by atoms with Crippen molar-refractivity contribution in [1.29, 1.82) is 0 Å². The van der Waals surface area contributed by atoms with E-state index in [9.17, 15) is 0 Å². The second-order valence-corrected chi connectivity index (χ2v) is 18.5. The summed E-state index contributed by atoms with van der Waals surface area (Å²) in [6, 6.07) is 95.1. The van der Waals surface area contributed by atoms with Gasteiger partial charge >= 0.3 is 0 Å². The quantitative estimate of drug-likeness (QED) is 0.147. The fourth-order valence-corrected chi connectivity index (χ4v) is 12.4. The van der Waals surface area contributed by atoms with E-state index in [0.717, 1.165) is 17.1 Å². The van der Waals surface area contributed by atoms with Crippen molar-refractivity contribution in [1.82, 2.24) is 0 Å². The molecule has 0 aliphatic heterocycles. The molecule has 13 rings (SSSR count). The molecule has 1 heterocycles. The van der Waals surface area contributed by atoms with E-state index >= 15 is 0 Å². The fraction of sp³-hybridized carbons (Fsp3) is 0.0312. The molecule has 2 aliphatic rings. The van der Waals surface area contributed by atoms with Gasteiger partial charge in [-0.3, -0.25) is 0 Å². The lowest BCUT2D eigenvalue weighted by Crippen LogP contribution is -2.30. The Bertz CT molecular complexity index is 3490. The van der Waals surface area contributed by atoms with Crippen LogP contribution < -0.4 is 4.90 Å². The average molecular weight is 858 g/mol. The third-order valence-electron chi connectivity index (χ3n) is 14.3. The number of hydrogen-bond acceptors (Lipinski definition) is 2. The van der Waals surface area contributed by atoms with E-state index in [1.807, 2.05) is 0 Å². The van der Waals surface area contributed by atoms with Gasteiger partial charge in [0.15, 0.2) is 0 Å². The van der Waals surface area contributed by atoms with Gasteiger partial charge in [-0.15, -0.1) is 11.3 Å². The Balaban J connectivity index is 1.09. The Hall–Kier alpha value is -8.04. The van der Waals surface area contributed by atoms with E-state index in [0.29, 0.717) is 0 Å². The van der Waals surface area contributed by atoms with Gasteiger partial charge in [0.05, 0.1) is 16.5 Å². The third-order valence-corrected chi connectivity index (χ3v) is 15.2. The molecule has 10 aromatic carbocycles. The van der Waals surface area contributed by atoms with Gasteiger partial charge in [-0.1, -0.05) is 206 Å². The van der Waals surface area contributed by atoms with Crippen LogP contribution >= 0.6 is 11.3 Å². The summed E-state index contributed by atoms with van der Waals surface area (Å²) in [5.74, 6) is 0. The summed E-state index contributed by atoms with van der Waals surface area (Å²) in [6.07, 6.45) is 0. The Morgan fingerprint density at radius 1 is 0.318 bits per heavy atom. The summed E-state index contributed by atoms with van der Waals surface area (Å²) in [7, 11) is 0. The monoisotopic (exact) mass is 857 g/mol. The molecule has 11 aromatic rings. The van der Waals surface area contributed by atoms with E-state index in [1.54, 1.807) is 11.3 Å². The van der Waals surface area contributed by atoms with Crippen molar-refractivity contribution in [3.05, 3.63) is 305 Å². The van der Waals surface area contributed by atoms with Gasteiger partial charge in [0.25, 0.3) is 0 Å². The van der Waals surface area contributed by atoms with Crippen LogP contribution in [0.5, 0.6) is 0 Å². The highest BCUT2D eigenvalue weighted by Crippen LogP contribution is 2.61. The summed E-state index contributed by atoms with van der Waals surface area (Å²) in [6.45, 7) is 0. The lowest BCUT2D eigenvalue weighted by Gasteiger charge is -2.38. The fourth-order valence-electron chi connectivity index (χ4n) is 11.6. The molecule has 1 aromatic heterocycles. The average Bonchev–Trinajstić information content (AvgIpc) is 4.08. The maximum absolute atomic E-state index is 2.53. The molecular formula is C64H43NS. The topological polar surface area (TPSA) is 3.24 Å². The summed E-state index contributed by atoms with van der Waals surface area (Å²) in [5.41, 5.74) is 19.9. The van der Waals surface area contributed by atoms with Crippen LogP contribution in [0.2, 0.25) is 0 Å². The van der Waals surface area contributed by atoms with Crippen molar-refractivity contribution in [3.63, 3.8) is 0 Å². The van der Waals surface area contributed by atoms with Crippen LogP contribution in [0, 0.1) is 0 Å². The van der Waals surface area contributed by atoms with Crippen LogP contribution in [0.3, 0.4) is 0 Å². The molecule has 0 N–H and O–H groups in total. The van der Waals surface area contributed by atoms with Gasteiger partial charge in [0.2, 0.25) is 0 Å². The molecule has 66 heavy (non-hydrogen) atoms. The second kappa shape index (κ2) is 15.3. The number of fused-ring (bicyclic) bond motifs is 7. The van der Waals surface area contributed by atoms with Crippen LogP contribution in [0.25, 0.3) is 43.5 Å². The number of nitrogens with zero attached hydrogens (tertiary/aromatic N) is 1. The number of hydrogen-bond donors (Lipinski definition) is 0. The molecule has 0 spiro atoms. The highest BCUT2D eigenvalue weighted by molar-refractivity contribution is 7.17. The molecule has 0 saturated carbocycles. The van der Waals surface area contributed by atoms with Crippen molar-refractivity contribution >= 4 is 38.5 Å². The Labute approximate surface area is 390 Å². The standard InChI is InChI=1S/C64H43NS/c1-5-18-47(19-6-1)63(48-20-7-2-8-21-48)57-29-15-14-27-54(57)56-43-52(37-38-59(56)63)65(51-35-32-44(33-36-51)45-34-39-61-46(42-45)40-41-66-61)60-31-17-28-55-53-26-13-16-30-58(53)64(62(55)60,49-22-9-3-10-23-49)50-24-11-4-12-25-50/h1-43H. The molecule has 0 fully saturated rings. The first-order valence-corrected chi connectivity index (χ1v) is 23.7. The molecule has 0 radical (unpaired) electrons. The zero-order valence-corrected chi connectivity index (χ0v) is 37.0. The minimum atomic E-state index is -0.599. The summed E-state index contributed by atoms with van der Waals surface area (Å²) >= 11 is 1.79. The van der Waals surface area contributed by atoms with Crippen LogP contribution in [-0.2, 0) is 10.8 Å². The number of rotatable bonds is 8. The van der Waals surface area contributed by atoms with Crippen molar-refractivity contribution < 1.29 is 0 Å². The van der Waals surface area contributed by atoms with E-state index in [1.165, 1.54) is 88.0 Å². The van der Waals surface area contributed by atoms with Crippen LogP contribution in [-0.4, -0.2) is 0 Å². The number of anilines is 3. The van der Waals surface area contributed by atoms with Crippen molar-refractivity contribution in [2.75, 3.05) is 4.90 Å². The zero-order chi connectivity index (χ0) is 43.7. The molecule has 0 atom stereocenters. The molecule has 0 bridgehead atoms. The van der Waals surface area contributed by atoms with Crippen molar-refractivity contribution in [3.8, 4) is 33.4 Å². The lowest BCUT2D eigenvalue weighted by molar-refractivity contribution is 0.767. The van der Waals surface area contributed by atoms with Gasteiger partial charge in [-0.25, -0.2) is 0 Å². The van der Waals surface area contributed by atoms with Gasteiger partial charge in [-0.05, 0) is 132 Å². The molecule has 310 valence electrons. The SMILES string of the molecule is c1ccc(C2(c3ccccc3)c3ccccc3-c3cc(N(c4ccc(-c5ccc6sccc6c5)cc4)c4cccc5c4C(c4ccccc4)(c4ccccc4)c4ccccc4-5)ccc32)cc1. The maximum Gasteiger partial charge on any atom is 0.0734 e. The molecular weight excluding hydrogens is 815 g/mol. The summed E-state index contributed by atoms with van der Waals surface area (Å²) in [4.78, 5) is 2.53. The number of benzene rings is 10. The van der Waals surface area contributed by atoms with Gasteiger partial charge < -0.3 is 4.90 Å². The molecule has 0 amide bonds. The molecule has 0 saturated heterocycles. The van der Waals surface area contributed by atoms with Gasteiger partial charge in [0.1, 0.15) is 0 Å². The van der Waals surface area contributed by atoms with Gasteiger partial charge in [0, 0.05) is 21.6 Å². The third kappa shape index (κ3) is 5.59. The van der Waals surface area contributed by atoms with Crippen LogP contribution in [0.4, 0.5) is 17.1 Å². The second-order valence-electron chi connectivity index (χ2n) is 17.5. The Morgan fingerprint density at radius 2 is 0.803 bits per heavy atom. The predicted octanol–water partition coefficient (Wildman–Crippen LogP) is 16.8. The first kappa shape index (κ1) is 38.4. The van der Waals surface area contributed by atoms with Crippen molar-refractivity contribution in [2.24, 2.45) is 0 Å².